The number of amides is 1. The standard InChI is InChI=1S/C23H24N2O3/c24-16-18-6-4-17(5-7-18)8-11-23(26)25-12-1-3-20(25)19-9-10-21-22(15-19)28-14-2-13-27-21/h4-7,9-10,15,20H,1-3,8,11-14H2/t20-/m1/s1. The van der Waals surface area contributed by atoms with Gasteiger partial charge in [-0.25, -0.2) is 0 Å². The smallest absolute Gasteiger partial charge is 0.223 e. The highest BCUT2D eigenvalue weighted by Gasteiger charge is 2.30. The predicted molar refractivity (Wildman–Crippen MR) is 105 cm³/mol. The zero-order valence-electron chi connectivity index (χ0n) is 15.9. The summed E-state index contributed by atoms with van der Waals surface area (Å²) in [5.41, 5.74) is 2.84. The Labute approximate surface area is 165 Å². The van der Waals surface area contributed by atoms with Crippen LogP contribution in [-0.2, 0) is 11.2 Å². The van der Waals surface area contributed by atoms with Crippen molar-refractivity contribution in [3.05, 3.63) is 59.2 Å². The molecule has 0 aliphatic carbocycles. The lowest BCUT2D eigenvalue weighted by Crippen LogP contribution is -2.30. The maximum absolute atomic E-state index is 12.9. The molecule has 28 heavy (non-hydrogen) atoms. The molecule has 2 aliphatic heterocycles. The summed E-state index contributed by atoms with van der Waals surface area (Å²) in [5.74, 6) is 1.75. The van der Waals surface area contributed by atoms with Crippen molar-refractivity contribution in [1.82, 2.24) is 4.90 Å². The van der Waals surface area contributed by atoms with Crippen LogP contribution in [0.25, 0.3) is 0 Å². The first-order valence-electron chi connectivity index (χ1n) is 9.92. The number of aryl methyl sites for hydroxylation is 1. The Morgan fingerprint density at radius 3 is 2.64 bits per heavy atom. The molecule has 144 valence electrons. The van der Waals surface area contributed by atoms with Gasteiger partial charge in [-0.2, -0.15) is 5.26 Å². The van der Waals surface area contributed by atoms with Gasteiger partial charge in [0.05, 0.1) is 30.9 Å². The Morgan fingerprint density at radius 1 is 1.07 bits per heavy atom. The third kappa shape index (κ3) is 3.96. The molecule has 1 saturated heterocycles. The highest BCUT2D eigenvalue weighted by atomic mass is 16.5. The van der Waals surface area contributed by atoms with Gasteiger partial charge in [-0.15, -0.1) is 0 Å². The monoisotopic (exact) mass is 376 g/mol. The summed E-state index contributed by atoms with van der Waals surface area (Å²) in [4.78, 5) is 14.9. The molecule has 0 radical (unpaired) electrons. The van der Waals surface area contributed by atoms with E-state index in [0.29, 0.717) is 31.6 Å². The molecule has 0 bridgehead atoms. The first-order valence-corrected chi connectivity index (χ1v) is 9.92. The largest absolute Gasteiger partial charge is 0.490 e. The van der Waals surface area contributed by atoms with E-state index in [4.69, 9.17) is 14.7 Å². The van der Waals surface area contributed by atoms with Gasteiger partial charge in [-0.1, -0.05) is 18.2 Å². The van der Waals surface area contributed by atoms with Crippen LogP contribution in [0.15, 0.2) is 42.5 Å². The van der Waals surface area contributed by atoms with Crippen molar-refractivity contribution < 1.29 is 14.3 Å². The molecule has 1 amide bonds. The summed E-state index contributed by atoms with van der Waals surface area (Å²) < 4.78 is 11.5. The maximum atomic E-state index is 12.9. The summed E-state index contributed by atoms with van der Waals surface area (Å²) in [6, 6.07) is 15.7. The number of likely N-dealkylation sites (tertiary alicyclic amines) is 1. The van der Waals surface area contributed by atoms with Crippen LogP contribution in [0.3, 0.4) is 0 Å². The highest BCUT2D eigenvalue weighted by Crippen LogP contribution is 2.38. The zero-order valence-corrected chi connectivity index (χ0v) is 15.9. The van der Waals surface area contributed by atoms with E-state index < -0.39 is 0 Å². The minimum absolute atomic E-state index is 0.102. The van der Waals surface area contributed by atoms with E-state index in [1.165, 1.54) is 0 Å². The second kappa shape index (κ2) is 8.35. The zero-order chi connectivity index (χ0) is 19.3. The second-order valence-electron chi connectivity index (χ2n) is 7.31. The van der Waals surface area contributed by atoms with Crippen molar-refractivity contribution in [2.75, 3.05) is 19.8 Å². The molecule has 1 fully saturated rings. The molecular formula is C23H24N2O3. The molecule has 5 heteroatoms. The van der Waals surface area contributed by atoms with Gasteiger partial charge in [0.1, 0.15) is 0 Å². The van der Waals surface area contributed by atoms with Crippen LogP contribution in [0, 0.1) is 11.3 Å². The van der Waals surface area contributed by atoms with Crippen molar-refractivity contribution in [2.45, 2.75) is 38.1 Å². The number of benzene rings is 2. The molecule has 0 unspecified atom stereocenters. The summed E-state index contributed by atoms with van der Waals surface area (Å²) in [5, 5.41) is 8.89. The van der Waals surface area contributed by atoms with Crippen molar-refractivity contribution in [3.8, 4) is 17.6 Å². The summed E-state index contributed by atoms with van der Waals surface area (Å²) in [7, 11) is 0. The molecule has 2 aromatic rings. The van der Waals surface area contributed by atoms with Crippen LogP contribution in [-0.4, -0.2) is 30.6 Å². The van der Waals surface area contributed by atoms with Crippen molar-refractivity contribution in [2.24, 2.45) is 0 Å². The van der Waals surface area contributed by atoms with E-state index in [1.807, 2.05) is 29.2 Å². The number of hydrogen-bond donors (Lipinski definition) is 0. The van der Waals surface area contributed by atoms with E-state index in [0.717, 1.165) is 48.4 Å². The molecule has 0 N–H and O–H groups in total. The molecular weight excluding hydrogens is 352 g/mol. The number of nitrogens with zero attached hydrogens (tertiary/aromatic N) is 2. The van der Waals surface area contributed by atoms with E-state index in [9.17, 15) is 4.79 Å². The molecule has 5 nitrogen and oxygen atoms in total. The van der Waals surface area contributed by atoms with E-state index in [1.54, 1.807) is 12.1 Å². The SMILES string of the molecule is N#Cc1ccc(CCC(=O)N2CCC[C@@H]2c2ccc3c(c2)OCCCO3)cc1. The van der Waals surface area contributed by atoms with Crippen LogP contribution < -0.4 is 9.47 Å². The molecule has 0 spiro atoms. The van der Waals surface area contributed by atoms with Crippen LogP contribution in [0.4, 0.5) is 0 Å². The van der Waals surface area contributed by atoms with Crippen molar-refractivity contribution in [3.63, 3.8) is 0 Å². The third-order valence-corrected chi connectivity index (χ3v) is 5.44. The van der Waals surface area contributed by atoms with Crippen LogP contribution in [0.2, 0.25) is 0 Å². The number of rotatable bonds is 4. The predicted octanol–water partition coefficient (Wildman–Crippen LogP) is 4.02. The average molecular weight is 376 g/mol. The quantitative estimate of drug-likeness (QED) is 0.809. The number of ether oxygens (including phenoxy) is 2. The summed E-state index contributed by atoms with van der Waals surface area (Å²) in [6.45, 7) is 2.13. The van der Waals surface area contributed by atoms with Gasteiger partial charge in [-0.3, -0.25) is 4.79 Å². The minimum Gasteiger partial charge on any atom is -0.490 e. The van der Waals surface area contributed by atoms with Gasteiger partial charge >= 0.3 is 0 Å². The van der Waals surface area contributed by atoms with E-state index in [2.05, 4.69) is 12.1 Å². The Hall–Kier alpha value is -3.00. The number of carbonyl (C=O) groups excluding carboxylic acids is 1. The summed E-state index contributed by atoms with van der Waals surface area (Å²) >= 11 is 0. The lowest BCUT2D eigenvalue weighted by Gasteiger charge is -2.26. The number of hydrogen-bond acceptors (Lipinski definition) is 4. The fourth-order valence-corrected chi connectivity index (χ4v) is 3.94. The van der Waals surface area contributed by atoms with Gasteiger partial charge < -0.3 is 14.4 Å². The highest BCUT2D eigenvalue weighted by molar-refractivity contribution is 5.77. The Kier molecular flexibility index (Phi) is 5.48. The van der Waals surface area contributed by atoms with E-state index in [-0.39, 0.29) is 11.9 Å². The van der Waals surface area contributed by atoms with Gasteiger partial charge in [0.2, 0.25) is 5.91 Å². The Bertz CT molecular complexity index is 886. The number of fused-ring (bicyclic) bond motifs is 1. The number of nitriles is 1. The first kappa shape index (κ1) is 18.4. The number of carbonyl (C=O) groups is 1. The van der Waals surface area contributed by atoms with Gasteiger partial charge in [0, 0.05) is 19.4 Å². The molecule has 2 aliphatic rings. The molecule has 2 heterocycles. The maximum Gasteiger partial charge on any atom is 0.223 e. The van der Waals surface area contributed by atoms with Gasteiger partial charge in [-0.05, 0) is 54.7 Å². The lowest BCUT2D eigenvalue weighted by molar-refractivity contribution is -0.132. The minimum atomic E-state index is 0.102. The third-order valence-electron chi connectivity index (χ3n) is 5.44. The van der Waals surface area contributed by atoms with Crippen LogP contribution in [0.5, 0.6) is 11.5 Å². The second-order valence-corrected chi connectivity index (χ2v) is 7.31. The normalized spacial score (nSPS) is 18.4. The Balaban J connectivity index is 1.43. The van der Waals surface area contributed by atoms with Crippen LogP contribution >= 0.6 is 0 Å². The van der Waals surface area contributed by atoms with Gasteiger partial charge in [0.25, 0.3) is 0 Å². The van der Waals surface area contributed by atoms with Gasteiger partial charge in [0.15, 0.2) is 11.5 Å². The Morgan fingerprint density at radius 2 is 1.86 bits per heavy atom. The fourth-order valence-electron chi connectivity index (χ4n) is 3.94. The molecule has 0 aromatic heterocycles. The molecule has 1 atom stereocenters. The fraction of sp³-hybridized carbons (Fsp3) is 0.391. The van der Waals surface area contributed by atoms with Crippen molar-refractivity contribution in [1.29, 1.82) is 5.26 Å². The van der Waals surface area contributed by atoms with Crippen molar-refractivity contribution >= 4 is 5.91 Å². The average Bonchev–Trinajstić information content (AvgIpc) is 3.11. The molecule has 2 aromatic carbocycles. The lowest BCUT2D eigenvalue weighted by atomic mass is 10.0. The topological polar surface area (TPSA) is 62.6 Å². The molecule has 4 rings (SSSR count). The first-order chi connectivity index (χ1) is 13.7. The van der Waals surface area contributed by atoms with Crippen LogP contribution in [0.1, 0.15) is 48.4 Å². The molecule has 0 saturated carbocycles. The summed E-state index contributed by atoms with van der Waals surface area (Å²) in [6.07, 6.45) is 4.04. The van der Waals surface area contributed by atoms with E-state index >= 15 is 0 Å².